The summed E-state index contributed by atoms with van der Waals surface area (Å²) < 4.78 is 3.90. The van der Waals surface area contributed by atoms with Gasteiger partial charge in [0.2, 0.25) is 0 Å². The third-order valence-electron chi connectivity index (χ3n) is 0.586. The topological polar surface area (TPSA) is 46.5 Å². The molecule has 0 fully saturated rings. The van der Waals surface area contributed by atoms with Crippen LogP contribution < -0.4 is 0 Å². The van der Waals surface area contributed by atoms with Crippen LogP contribution in [0.25, 0.3) is 0 Å². The molecule has 0 aromatic carbocycles. The van der Waals surface area contributed by atoms with E-state index in [2.05, 4.69) is 10.7 Å². The second-order valence-corrected chi connectivity index (χ2v) is 1.40. The number of rotatable bonds is 1. The van der Waals surface area contributed by atoms with Crippen LogP contribution in [0.15, 0.2) is 0 Å². The lowest BCUT2D eigenvalue weighted by Crippen LogP contribution is -1.91. The van der Waals surface area contributed by atoms with E-state index in [1.165, 1.54) is 0 Å². The average molecular weight is 128 g/mol. The van der Waals surface area contributed by atoms with Crippen LogP contribution in [0.4, 0.5) is 4.79 Å². The van der Waals surface area contributed by atoms with Gasteiger partial charge in [-0.1, -0.05) is 12.8 Å². The van der Waals surface area contributed by atoms with Gasteiger partial charge in [-0.25, -0.2) is 4.79 Å². The molecule has 0 bridgehead atoms. The zero-order valence-corrected chi connectivity index (χ0v) is 5.18. The minimum Gasteiger partial charge on any atom is -0.449 e. The first-order valence-corrected chi connectivity index (χ1v) is 2.65. The zero-order chi connectivity index (χ0) is 7.11. The van der Waals surface area contributed by atoms with Gasteiger partial charge in [-0.05, 0) is 6.42 Å². The Bertz CT molecular complexity index is 140. The first-order valence-electron chi connectivity index (χ1n) is 2.65. The van der Waals surface area contributed by atoms with Crippen LogP contribution in [-0.2, 0) is 4.74 Å². The minimum absolute atomic E-state index is 0.674. The normalized spacial score (nSPS) is 7.22. The summed E-state index contributed by atoms with van der Waals surface area (Å²) in [5, 5.41) is 7.89. The Morgan fingerprint density at radius 1 is 1.78 bits per heavy atom. The van der Waals surface area contributed by atoms with Gasteiger partial charge in [0, 0.05) is 6.42 Å². The molecule has 50 valence electrons. The molecule has 3 heteroatoms. The van der Waals surface area contributed by atoms with Crippen molar-refractivity contribution in [2.75, 3.05) is 0 Å². The summed E-state index contributed by atoms with van der Waals surface area (Å²) in [5.74, 6) is 2.51. The maximum absolute atomic E-state index is 9.64. The van der Waals surface area contributed by atoms with Gasteiger partial charge < -0.3 is 9.84 Å². The van der Waals surface area contributed by atoms with Crippen LogP contribution >= 0.6 is 0 Å². The summed E-state index contributed by atoms with van der Waals surface area (Å²) in [7, 11) is 0. The highest BCUT2D eigenvalue weighted by molar-refractivity contribution is 5.58. The first-order chi connectivity index (χ1) is 4.27. The Kier molecular flexibility index (Phi) is 4.33. The van der Waals surface area contributed by atoms with E-state index in [0.29, 0.717) is 6.42 Å². The van der Waals surface area contributed by atoms with Crippen molar-refractivity contribution in [2.24, 2.45) is 0 Å². The molecule has 1 N–H and O–H groups in total. The van der Waals surface area contributed by atoms with E-state index in [0.717, 1.165) is 6.42 Å². The van der Waals surface area contributed by atoms with Gasteiger partial charge >= 0.3 is 6.16 Å². The number of unbranched alkanes of at least 4 members (excludes halogenated alkanes) is 1. The van der Waals surface area contributed by atoms with Crippen molar-refractivity contribution in [3.63, 3.8) is 0 Å². The lowest BCUT2D eigenvalue weighted by Gasteiger charge is -1.80. The van der Waals surface area contributed by atoms with Gasteiger partial charge in [-0.15, -0.1) is 0 Å². The summed E-state index contributed by atoms with van der Waals surface area (Å²) in [6.45, 7) is 1.95. The van der Waals surface area contributed by atoms with Crippen LogP contribution in [0.5, 0.6) is 0 Å². The second-order valence-electron chi connectivity index (χ2n) is 1.40. The third-order valence-corrected chi connectivity index (χ3v) is 0.586. The quantitative estimate of drug-likeness (QED) is 0.429. The number of hydrogen-bond acceptors (Lipinski definition) is 2. The van der Waals surface area contributed by atoms with E-state index >= 15 is 0 Å². The molecule has 0 aromatic rings. The van der Waals surface area contributed by atoms with Crippen LogP contribution in [0, 0.1) is 12.0 Å². The molecule has 0 heterocycles. The van der Waals surface area contributed by atoms with Crippen molar-refractivity contribution in [2.45, 2.75) is 19.8 Å². The van der Waals surface area contributed by atoms with Crippen molar-refractivity contribution in [3.05, 3.63) is 0 Å². The molecule has 3 nitrogen and oxygen atoms in total. The van der Waals surface area contributed by atoms with E-state index in [1.54, 1.807) is 0 Å². The Morgan fingerprint density at radius 3 is 2.89 bits per heavy atom. The van der Waals surface area contributed by atoms with Gasteiger partial charge in [-0.2, -0.15) is 0 Å². The molecule has 0 spiro atoms. The van der Waals surface area contributed by atoms with Crippen molar-refractivity contribution in [1.29, 1.82) is 0 Å². The van der Waals surface area contributed by atoms with Gasteiger partial charge in [-0.3, -0.25) is 0 Å². The van der Waals surface area contributed by atoms with Crippen molar-refractivity contribution in [1.82, 2.24) is 0 Å². The molecule has 0 aliphatic rings. The summed E-state index contributed by atoms with van der Waals surface area (Å²) >= 11 is 0. The lowest BCUT2D eigenvalue weighted by atomic mass is 10.4. The predicted molar refractivity (Wildman–Crippen MR) is 31.8 cm³/mol. The summed E-state index contributed by atoms with van der Waals surface area (Å²) in [4.78, 5) is 9.64. The van der Waals surface area contributed by atoms with Crippen LogP contribution in [0.3, 0.4) is 0 Å². The standard InChI is InChI=1S/C6H8O3/c1-2-3-4-5-9-6(7)8/h2-3H2,1H3,(H,7,8). The Balaban J connectivity index is 3.26. The van der Waals surface area contributed by atoms with Crippen LogP contribution in [0.1, 0.15) is 19.8 Å². The molecule has 9 heavy (non-hydrogen) atoms. The molecule has 0 aliphatic heterocycles. The SMILES string of the molecule is CCCC#COC(=O)O. The smallest absolute Gasteiger partial charge is 0.449 e. The van der Waals surface area contributed by atoms with Gasteiger partial charge in [0.05, 0.1) is 0 Å². The summed E-state index contributed by atoms with van der Waals surface area (Å²) in [6, 6.07) is 0. The van der Waals surface area contributed by atoms with Crippen molar-refractivity contribution < 1.29 is 14.6 Å². The third kappa shape index (κ3) is 6.83. The highest BCUT2D eigenvalue weighted by Gasteiger charge is 1.87. The number of hydrogen-bond donors (Lipinski definition) is 1. The molecule has 0 saturated heterocycles. The summed E-state index contributed by atoms with van der Waals surface area (Å²) in [6.07, 6.45) is 2.27. The lowest BCUT2D eigenvalue weighted by molar-refractivity contribution is 0.134. The molecular formula is C6H8O3. The Morgan fingerprint density at radius 2 is 2.44 bits per heavy atom. The van der Waals surface area contributed by atoms with E-state index < -0.39 is 6.16 Å². The van der Waals surface area contributed by atoms with E-state index in [1.807, 2.05) is 13.0 Å². The Hall–Kier alpha value is -1.17. The maximum atomic E-state index is 9.64. The molecule has 0 aromatic heterocycles. The molecule has 0 aliphatic carbocycles. The molecule has 0 amide bonds. The minimum atomic E-state index is -1.35. The predicted octanol–water partition coefficient (Wildman–Crippen LogP) is 1.44. The Labute approximate surface area is 53.6 Å². The highest BCUT2D eigenvalue weighted by Crippen LogP contribution is 1.81. The number of carbonyl (C=O) groups is 1. The number of carboxylic acid groups (broad SMARTS) is 1. The van der Waals surface area contributed by atoms with Gasteiger partial charge in [0.15, 0.2) is 0 Å². The fraction of sp³-hybridized carbons (Fsp3) is 0.500. The molecular weight excluding hydrogens is 120 g/mol. The monoisotopic (exact) mass is 128 g/mol. The number of ether oxygens (including phenoxy) is 1. The molecule has 0 unspecified atom stereocenters. The van der Waals surface area contributed by atoms with Crippen molar-refractivity contribution >= 4 is 6.16 Å². The molecule has 0 atom stereocenters. The largest absolute Gasteiger partial charge is 0.520 e. The van der Waals surface area contributed by atoms with E-state index in [4.69, 9.17) is 5.11 Å². The molecule has 0 saturated carbocycles. The average Bonchev–Trinajstić information content (AvgIpc) is 1.80. The second kappa shape index (κ2) is 4.98. The highest BCUT2D eigenvalue weighted by atomic mass is 16.7. The maximum Gasteiger partial charge on any atom is 0.520 e. The molecule has 0 radical (unpaired) electrons. The van der Waals surface area contributed by atoms with Crippen LogP contribution in [0.2, 0.25) is 0 Å². The van der Waals surface area contributed by atoms with E-state index in [9.17, 15) is 4.79 Å². The summed E-state index contributed by atoms with van der Waals surface area (Å²) in [5.41, 5.74) is 0. The first kappa shape index (κ1) is 7.83. The molecule has 0 rings (SSSR count). The zero-order valence-electron chi connectivity index (χ0n) is 5.18. The fourth-order valence-electron chi connectivity index (χ4n) is 0.256. The van der Waals surface area contributed by atoms with Gasteiger partial charge in [0.25, 0.3) is 0 Å². The van der Waals surface area contributed by atoms with E-state index in [-0.39, 0.29) is 0 Å². The fourth-order valence-corrected chi connectivity index (χ4v) is 0.256. The van der Waals surface area contributed by atoms with Crippen molar-refractivity contribution in [3.8, 4) is 12.0 Å². The van der Waals surface area contributed by atoms with Crippen LogP contribution in [-0.4, -0.2) is 11.3 Å². The van der Waals surface area contributed by atoms with Gasteiger partial charge in [0.1, 0.15) is 6.11 Å².